The van der Waals surface area contributed by atoms with Crippen molar-refractivity contribution in [3.8, 4) is 11.4 Å². The Bertz CT molecular complexity index is 1220. The van der Waals surface area contributed by atoms with E-state index >= 15 is 0 Å². The van der Waals surface area contributed by atoms with Gasteiger partial charge in [-0.05, 0) is 60.9 Å². The molecule has 0 amide bonds. The molecule has 164 valence electrons. The summed E-state index contributed by atoms with van der Waals surface area (Å²) < 4.78 is 0. The van der Waals surface area contributed by atoms with Crippen LogP contribution >= 0.6 is 0 Å². The quantitative estimate of drug-likeness (QED) is 0.180. The lowest BCUT2D eigenvalue weighted by Crippen LogP contribution is -2.03. The summed E-state index contributed by atoms with van der Waals surface area (Å²) in [6.45, 7) is 2.61. The van der Waals surface area contributed by atoms with Crippen LogP contribution in [-0.2, 0) is 22.8 Å². The van der Waals surface area contributed by atoms with Crippen LogP contribution in [0.2, 0.25) is 0 Å². The molecule has 0 bridgehead atoms. The number of aliphatic hydroxyl groups excluding tert-OH is 1. The minimum Gasteiger partial charge on any atom is -0.505 e. The highest BCUT2D eigenvalue weighted by molar-refractivity contribution is 5.87. The molecule has 0 fully saturated rings. The van der Waals surface area contributed by atoms with Gasteiger partial charge in [-0.3, -0.25) is 4.99 Å². The number of aromatic nitrogens is 3. The number of nitrogens with zero attached hydrogens (tertiary/aromatic N) is 4. The Morgan fingerprint density at radius 3 is 2.56 bits per heavy atom. The zero-order chi connectivity index (χ0) is 22.3. The van der Waals surface area contributed by atoms with Gasteiger partial charge in [0.05, 0.1) is 12.3 Å². The van der Waals surface area contributed by atoms with Gasteiger partial charge in [0.25, 0.3) is 0 Å². The van der Waals surface area contributed by atoms with Crippen molar-refractivity contribution in [1.29, 1.82) is 0 Å². The van der Waals surface area contributed by atoms with Crippen LogP contribution in [0.5, 0.6) is 5.75 Å². The van der Waals surface area contributed by atoms with Crippen molar-refractivity contribution in [2.45, 2.75) is 20.0 Å². The van der Waals surface area contributed by atoms with Gasteiger partial charge in [-0.15, -0.1) is 15.0 Å². The number of aliphatic hydroxyl groups is 1. The lowest BCUT2D eigenvalue weighted by molar-refractivity contribution is -0.300. The first-order chi connectivity index (χ1) is 15.7. The topological polar surface area (TPSA) is 102 Å². The maximum atomic E-state index is 10.9. The highest BCUT2D eigenvalue weighted by atomic mass is 17.2. The van der Waals surface area contributed by atoms with Gasteiger partial charge >= 0.3 is 0 Å². The van der Waals surface area contributed by atoms with E-state index in [1.807, 2.05) is 55.5 Å². The second kappa shape index (κ2) is 10.1. The number of aromatic hydroxyl groups is 1. The molecule has 0 atom stereocenters. The van der Waals surface area contributed by atoms with Crippen LogP contribution in [-0.4, -0.2) is 44.6 Å². The predicted octanol–water partition coefficient (Wildman–Crippen LogP) is 3.88. The molecule has 0 spiro atoms. The van der Waals surface area contributed by atoms with E-state index in [0.717, 1.165) is 16.8 Å². The highest BCUT2D eigenvalue weighted by Gasteiger charge is 2.14. The summed E-state index contributed by atoms with van der Waals surface area (Å²) in [6.07, 6.45) is 2.03. The molecule has 0 radical (unpaired) electrons. The minimum absolute atomic E-state index is 0.00609. The number of para-hydroxylation sites is 1. The van der Waals surface area contributed by atoms with Crippen LogP contribution in [0.15, 0.2) is 65.7 Å². The average molecular weight is 432 g/mol. The summed E-state index contributed by atoms with van der Waals surface area (Å²) >= 11 is 0. The molecule has 32 heavy (non-hydrogen) atoms. The lowest BCUT2D eigenvalue weighted by Gasteiger charge is -2.09. The third kappa shape index (κ3) is 5.00. The van der Waals surface area contributed by atoms with Crippen molar-refractivity contribution >= 4 is 22.9 Å². The monoisotopic (exact) mass is 432 g/mol. The van der Waals surface area contributed by atoms with Gasteiger partial charge in [-0.2, -0.15) is 0 Å². The summed E-state index contributed by atoms with van der Waals surface area (Å²) in [5.74, 6) is 0.00609. The van der Waals surface area contributed by atoms with Crippen LogP contribution in [0.3, 0.4) is 0 Å². The summed E-state index contributed by atoms with van der Waals surface area (Å²) in [5, 5.41) is 29.4. The number of hydrogen-bond donors (Lipinski definition) is 2. The van der Waals surface area contributed by atoms with Crippen molar-refractivity contribution in [3.05, 3.63) is 77.4 Å². The number of phenols is 1. The van der Waals surface area contributed by atoms with E-state index in [0.29, 0.717) is 41.9 Å². The molecule has 8 nitrogen and oxygen atoms in total. The Morgan fingerprint density at radius 1 is 0.969 bits per heavy atom. The Morgan fingerprint density at radius 2 is 1.78 bits per heavy atom. The molecular weight excluding hydrogens is 408 g/mol. The van der Waals surface area contributed by atoms with Crippen LogP contribution < -0.4 is 0 Å². The van der Waals surface area contributed by atoms with Crippen molar-refractivity contribution in [1.82, 2.24) is 15.0 Å². The van der Waals surface area contributed by atoms with Gasteiger partial charge in [0.1, 0.15) is 23.3 Å². The van der Waals surface area contributed by atoms with Crippen molar-refractivity contribution < 1.29 is 20.0 Å². The van der Waals surface area contributed by atoms with E-state index in [1.165, 1.54) is 4.80 Å². The van der Waals surface area contributed by atoms with Crippen molar-refractivity contribution in [2.24, 2.45) is 4.99 Å². The summed E-state index contributed by atoms with van der Waals surface area (Å²) in [4.78, 5) is 15.9. The number of benzene rings is 3. The average Bonchev–Trinajstić information content (AvgIpc) is 3.23. The molecule has 8 heteroatoms. The van der Waals surface area contributed by atoms with Gasteiger partial charge < -0.3 is 10.2 Å². The van der Waals surface area contributed by atoms with Crippen LogP contribution in [0, 0.1) is 0 Å². The number of rotatable bonds is 9. The zero-order valence-corrected chi connectivity index (χ0v) is 17.7. The standard InChI is InChI=1S/C24H24N4O4/c1-2-31-32-16-18-8-9-21-22(13-18)27-28(26-21)23-14-17(10-11-29)12-19(24(23)30)15-25-20-6-4-3-5-7-20/h3-9,12-15,29-30H,2,10-11,16H2,1H3. The Labute approximate surface area is 185 Å². The summed E-state index contributed by atoms with van der Waals surface area (Å²) in [5.41, 5.74) is 4.76. The highest BCUT2D eigenvalue weighted by Crippen LogP contribution is 2.28. The second-order valence-corrected chi connectivity index (χ2v) is 7.10. The first-order valence-corrected chi connectivity index (χ1v) is 10.3. The first kappa shape index (κ1) is 21.6. The molecule has 4 aromatic rings. The maximum Gasteiger partial charge on any atom is 0.151 e. The molecule has 0 saturated carbocycles. The molecule has 0 saturated heterocycles. The van der Waals surface area contributed by atoms with Crippen LogP contribution in [0.4, 0.5) is 5.69 Å². The molecule has 0 aliphatic carbocycles. The van der Waals surface area contributed by atoms with E-state index in [4.69, 9.17) is 9.78 Å². The normalized spacial score (nSPS) is 11.6. The maximum absolute atomic E-state index is 10.9. The third-order valence-electron chi connectivity index (χ3n) is 4.78. The Kier molecular flexibility index (Phi) is 6.86. The number of hydrogen-bond acceptors (Lipinski definition) is 7. The van der Waals surface area contributed by atoms with Gasteiger partial charge in [-0.1, -0.05) is 24.3 Å². The fourth-order valence-electron chi connectivity index (χ4n) is 3.23. The van der Waals surface area contributed by atoms with Crippen LogP contribution in [0.1, 0.15) is 23.6 Å². The van der Waals surface area contributed by atoms with E-state index in [9.17, 15) is 10.2 Å². The predicted molar refractivity (Wildman–Crippen MR) is 121 cm³/mol. The van der Waals surface area contributed by atoms with E-state index < -0.39 is 0 Å². The molecular formula is C24H24N4O4. The number of aliphatic imine (C=N–C) groups is 1. The third-order valence-corrected chi connectivity index (χ3v) is 4.78. The van der Waals surface area contributed by atoms with Crippen molar-refractivity contribution in [2.75, 3.05) is 13.2 Å². The molecule has 4 rings (SSSR count). The molecule has 1 heterocycles. The number of phenolic OH excluding ortho intramolecular Hbond substituents is 1. The Hall–Kier alpha value is -3.59. The van der Waals surface area contributed by atoms with Gasteiger partial charge in [0.2, 0.25) is 0 Å². The fourth-order valence-corrected chi connectivity index (χ4v) is 3.23. The largest absolute Gasteiger partial charge is 0.505 e. The second-order valence-electron chi connectivity index (χ2n) is 7.10. The zero-order valence-electron chi connectivity index (χ0n) is 17.7. The van der Waals surface area contributed by atoms with E-state index in [-0.39, 0.29) is 12.4 Å². The molecule has 1 aromatic heterocycles. The fraction of sp³-hybridized carbons (Fsp3) is 0.208. The molecule has 2 N–H and O–H groups in total. The van der Waals surface area contributed by atoms with Crippen LogP contribution in [0.25, 0.3) is 16.7 Å². The van der Waals surface area contributed by atoms with Gasteiger partial charge in [0.15, 0.2) is 5.75 Å². The van der Waals surface area contributed by atoms with Gasteiger partial charge in [0, 0.05) is 18.4 Å². The first-order valence-electron chi connectivity index (χ1n) is 10.3. The summed E-state index contributed by atoms with van der Waals surface area (Å²) in [7, 11) is 0. The minimum atomic E-state index is -0.0167. The molecule has 0 aliphatic heterocycles. The lowest BCUT2D eigenvalue weighted by atomic mass is 10.1. The molecule has 0 unspecified atom stereocenters. The molecule has 0 aliphatic rings. The Balaban J connectivity index is 1.70. The molecule has 3 aromatic carbocycles. The van der Waals surface area contributed by atoms with Gasteiger partial charge in [-0.25, -0.2) is 9.78 Å². The number of fused-ring (bicyclic) bond motifs is 1. The van der Waals surface area contributed by atoms with E-state index in [1.54, 1.807) is 18.3 Å². The smallest absolute Gasteiger partial charge is 0.151 e. The van der Waals surface area contributed by atoms with Crippen molar-refractivity contribution in [3.63, 3.8) is 0 Å². The van der Waals surface area contributed by atoms with E-state index in [2.05, 4.69) is 15.2 Å². The summed E-state index contributed by atoms with van der Waals surface area (Å²) in [6, 6.07) is 18.6. The SMILES string of the molecule is CCOOCc1ccc2nn(-c3cc(CCO)cc(C=Nc4ccccc4)c3O)nc2c1.